The largest absolute Gasteiger partial charge is 0.507 e. The van der Waals surface area contributed by atoms with E-state index in [0.717, 1.165) is 12.1 Å². The highest BCUT2D eigenvalue weighted by molar-refractivity contribution is 7.89. The van der Waals surface area contributed by atoms with Gasteiger partial charge in [-0.05, 0) is 38.5 Å². The van der Waals surface area contributed by atoms with Gasteiger partial charge in [-0.15, -0.1) is 0 Å². The molecule has 0 fully saturated rings. The van der Waals surface area contributed by atoms with Crippen LogP contribution in [0.4, 0.5) is 0 Å². The fraction of sp³-hybridized carbons (Fsp3) is 0.462. The van der Waals surface area contributed by atoms with Crippen LogP contribution in [0, 0.1) is 6.92 Å². The number of sulfonamides is 1. The number of rotatable bonds is 7. The van der Waals surface area contributed by atoms with Gasteiger partial charge in [0.1, 0.15) is 11.3 Å². The average molecular weight is 317 g/mol. The second kappa shape index (κ2) is 6.88. The van der Waals surface area contributed by atoms with Crippen molar-refractivity contribution in [3.05, 3.63) is 23.3 Å². The fourth-order valence-electron chi connectivity index (χ4n) is 1.79. The number of carboxylic acids is 1. The highest BCUT2D eigenvalue weighted by atomic mass is 32.2. The summed E-state index contributed by atoms with van der Waals surface area (Å²) in [5, 5.41) is 18.5. The first-order valence-corrected chi connectivity index (χ1v) is 7.84. The van der Waals surface area contributed by atoms with E-state index in [1.807, 2.05) is 0 Å². The number of aryl methyl sites for hydroxylation is 1. The Labute approximate surface area is 123 Å². The molecule has 21 heavy (non-hydrogen) atoms. The summed E-state index contributed by atoms with van der Waals surface area (Å²) in [6, 6.07) is 1.60. The van der Waals surface area contributed by atoms with Crippen LogP contribution in [0.3, 0.4) is 0 Å². The summed E-state index contributed by atoms with van der Waals surface area (Å²) >= 11 is 0. The van der Waals surface area contributed by atoms with Crippen molar-refractivity contribution in [2.24, 2.45) is 0 Å². The molecule has 0 aromatic heterocycles. The molecule has 0 aliphatic rings. The molecular weight excluding hydrogens is 298 g/mol. The van der Waals surface area contributed by atoms with Crippen LogP contribution in [0.15, 0.2) is 17.0 Å². The number of hydrogen-bond donors (Lipinski definition) is 3. The highest BCUT2D eigenvalue weighted by Crippen LogP contribution is 2.25. The number of benzene rings is 1. The molecule has 7 nitrogen and oxygen atoms in total. The number of carboxylic acid groups (broad SMARTS) is 1. The number of phenols is 1. The zero-order chi connectivity index (χ0) is 16.2. The van der Waals surface area contributed by atoms with Gasteiger partial charge in [0.05, 0.1) is 11.5 Å². The molecule has 0 amide bonds. The highest BCUT2D eigenvalue weighted by Gasteiger charge is 2.23. The van der Waals surface area contributed by atoms with Crippen LogP contribution in [-0.4, -0.2) is 43.9 Å². The van der Waals surface area contributed by atoms with Gasteiger partial charge in [-0.2, -0.15) is 0 Å². The topological polar surface area (TPSA) is 113 Å². The molecule has 1 aromatic carbocycles. The molecule has 1 unspecified atom stereocenters. The number of nitrogens with one attached hydrogen (secondary N) is 1. The zero-order valence-corrected chi connectivity index (χ0v) is 12.9. The lowest BCUT2D eigenvalue weighted by Crippen LogP contribution is -2.36. The van der Waals surface area contributed by atoms with Crippen molar-refractivity contribution < 1.29 is 28.2 Å². The Morgan fingerprint density at radius 3 is 2.57 bits per heavy atom. The van der Waals surface area contributed by atoms with E-state index in [0.29, 0.717) is 6.61 Å². The minimum Gasteiger partial charge on any atom is -0.507 e. The van der Waals surface area contributed by atoms with Crippen molar-refractivity contribution in [1.29, 1.82) is 0 Å². The van der Waals surface area contributed by atoms with Gasteiger partial charge in [0.25, 0.3) is 0 Å². The van der Waals surface area contributed by atoms with E-state index < -0.39 is 33.3 Å². The monoisotopic (exact) mass is 317 g/mol. The van der Waals surface area contributed by atoms with Crippen LogP contribution in [0.5, 0.6) is 5.75 Å². The summed E-state index contributed by atoms with van der Waals surface area (Å²) < 4.78 is 32.1. The van der Waals surface area contributed by atoms with E-state index in [1.165, 1.54) is 6.92 Å². The predicted molar refractivity (Wildman–Crippen MR) is 76.1 cm³/mol. The van der Waals surface area contributed by atoms with Crippen molar-refractivity contribution in [2.75, 3.05) is 13.2 Å². The summed E-state index contributed by atoms with van der Waals surface area (Å²) in [4.78, 5) is 10.8. The molecular formula is C13H19NO6S. The number of aromatic hydroxyl groups is 1. The second-order valence-electron chi connectivity index (χ2n) is 4.62. The molecule has 0 saturated heterocycles. The first kappa shape index (κ1) is 17.4. The number of aromatic carboxylic acids is 1. The number of ether oxygens (including phenoxy) is 1. The maximum absolute atomic E-state index is 12.3. The van der Waals surface area contributed by atoms with Crippen LogP contribution in [0.1, 0.15) is 29.8 Å². The summed E-state index contributed by atoms with van der Waals surface area (Å²) in [6.45, 7) is 5.59. The lowest BCUT2D eigenvalue weighted by atomic mass is 10.1. The van der Waals surface area contributed by atoms with Gasteiger partial charge in [-0.3, -0.25) is 0 Å². The molecule has 1 aromatic rings. The molecule has 0 saturated carbocycles. The molecule has 0 aliphatic heterocycles. The third-order valence-corrected chi connectivity index (χ3v) is 4.47. The summed E-state index contributed by atoms with van der Waals surface area (Å²) in [5.41, 5.74) is -0.202. The maximum Gasteiger partial charge on any atom is 0.339 e. The minimum atomic E-state index is -3.90. The van der Waals surface area contributed by atoms with Gasteiger partial charge in [0, 0.05) is 12.6 Å². The van der Waals surface area contributed by atoms with Gasteiger partial charge in [-0.25, -0.2) is 17.9 Å². The Morgan fingerprint density at radius 2 is 2.05 bits per heavy atom. The van der Waals surface area contributed by atoms with Crippen molar-refractivity contribution in [3.8, 4) is 5.75 Å². The summed E-state index contributed by atoms with van der Waals surface area (Å²) in [6.07, 6.45) is 0. The van der Waals surface area contributed by atoms with Crippen molar-refractivity contribution in [3.63, 3.8) is 0 Å². The smallest absolute Gasteiger partial charge is 0.339 e. The zero-order valence-electron chi connectivity index (χ0n) is 12.1. The molecule has 1 atom stereocenters. The Morgan fingerprint density at radius 1 is 1.43 bits per heavy atom. The Hall–Kier alpha value is -1.64. The SMILES string of the molecule is CCOCC(C)NS(=O)(=O)c1cc(C(=O)O)c(O)cc1C. The molecule has 1 rings (SSSR count). The van der Waals surface area contributed by atoms with E-state index >= 15 is 0 Å². The maximum atomic E-state index is 12.3. The molecule has 0 radical (unpaired) electrons. The molecule has 0 spiro atoms. The Kier molecular flexibility index (Phi) is 5.70. The lowest BCUT2D eigenvalue weighted by molar-refractivity contribution is 0.0693. The van der Waals surface area contributed by atoms with E-state index in [-0.39, 0.29) is 17.1 Å². The number of carbonyl (C=O) groups is 1. The molecule has 0 heterocycles. The summed E-state index contributed by atoms with van der Waals surface area (Å²) in [7, 11) is -3.90. The Balaban J connectivity index is 3.13. The van der Waals surface area contributed by atoms with E-state index in [9.17, 15) is 18.3 Å². The molecule has 8 heteroatoms. The van der Waals surface area contributed by atoms with Crippen molar-refractivity contribution in [1.82, 2.24) is 4.72 Å². The third kappa shape index (κ3) is 4.42. The van der Waals surface area contributed by atoms with Crippen LogP contribution < -0.4 is 4.72 Å². The van der Waals surface area contributed by atoms with E-state index in [4.69, 9.17) is 9.84 Å². The lowest BCUT2D eigenvalue weighted by Gasteiger charge is -2.16. The van der Waals surface area contributed by atoms with Gasteiger partial charge in [-0.1, -0.05) is 0 Å². The van der Waals surface area contributed by atoms with Crippen LogP contribution >= 0.6 is 0 Å². The number of hydrogen-bond acceptors (Lipinski definition) is 5. The molecule has 0 aliphatic carbocycles. The van der Waals surface area contributed by atoms with Gasteiger partial charge in [0.15, 0.2) is 0 Å². The fourth-order valence-corrected chi connectivity index (χ4v) is 3.27. The molecule has 118 valence electrons. The molecule has 0 bridgehead atoms. The Bertz CT molecular complexity index is 626. The van der Waals surface area contributed by atoms with Gasteiger partial charge >= 0.3 is 5.97 Å². The van der Waals surface area contributed by atoms with Crippen LogP contribution in [0.2, 0.25) is 0 Å². The predicted octanol–water partition coefficient (Wildman–Crippen LogP) is 1.10. The van der Waals surface area contributed by atoms with E-state index in [1.54, 1.807) is 13.8 Å². The first-order chi connectivity index (χ1) is 9.69. The minimum absolute atomic E-state index is 0.180. The van der Waals surface area contributed by atoms with Gasteiger partial charge in [0.2, 0.25) is 10.0 Å². The van der Waals surface area contributed by atoms with Crippen molar-refractivity contribution >= 4 is 16.0 Å². The van der Waals surface area contributed by atoms with Crippen LogP contribution in [0.25, 0.3) is 0 Å². The summed E-state index contributed by atoms with van der Waals surface area (Å²) in [5.74, 6) is -1.87. The standard InChI is InChI=1S/C13H19NO6S/c1-4-20-7-9(3)14-21(18,19)12-6-10(13(16)17)11(15)5-8(12)2/h5-6,9,14-15H,4,7H2,1-3H3,(H,16,17). The third-order valence-electron chi connectivity index (χ3n) is 2.74. The quantitative estimate of drug-likeness (QED) is 0.694. The van der Waals surface area contributed by atoms with E-state index in [2.05, 4.69) is 4.72 Å². The normalized spacial score (nSPS) is 13.1. The molecule has 3 N–H and O–H groups in total. The van der Waals surface area contributed by atoms with Crippen LogP contribution in [-0.2, 0) is 14.8 Å². The van der Waals surface area contributed by atoms with Gasteiger partial charge < -0.3 is 14.9 Å². The second-order valence-corrected chi connectivity index (χ2v) is 6.30. The first-order valence-electron chi connectivity index (χ1n) is 6.36. The average Bonchev–Trinajstić information content (AvgIpc) is 2.34. The van der Waals surface area contributed by atoms with Crippen molar-refractivity contribution in [2.45, 2.75) is 31.7 Å².